The number of amides is 1. The second-order valence-electron chi connectivity index (χ2n) is 7.30. The number of ether oxygens (including phenoxy) is 1. The van der Waals surface area contributed by atoms with E-state index >= 15 is 0 Å². The Morgan fingerprint density at radius 2 is 1.94 bits per heavy atom. The van der Waals surface area contributed by atoms with E-state index < -0.39 is 17.8 Å². The van der Waals surface area contributed by atoms with Gasteiger partial charge in [0.25, 0.3) is 0 Å². The number of hydrogen-bond donors (Lipinski definition) is 2. The highest BCUT2D eigenvalue weighted by atomic mass is 35.5. The first-order chi connectivity index (χ1) is 16.4. The third-order valence-corrected chi connectivity index (χ3v) is 5.69. The highest BCUT2D eigenvalue weighted by molar-refractivity contribution is 6.35. The molecule has 0 aliphatic carbocycles. The van der Waals surface area contributed by atoms with Gasteiger partial charge in [-0.1, -0.05) is 41.4 Å². The van der Waals surface area contributed by atoms with Crippen LogP contribution in [0.5, 0.6) is 5.75 Å². The van der Waals surface area contributed by atoms with Crippen molar-refractivity contribution in [3.05, 3.63) is 93.8 Å². The van der Waals surface area contributed by atoms with E-state index in [1.165, 1.54) is 19.6 Å². The van der Waals surface area contributed by atoms with Gasteiger partial charge in [-0.2, -0.15) is 0 Å². The van der Waals surface area contributed by atoms with Crippen LogP contribution in [0.3, 0.4) is 0 Å². The van der Waals surface area contributed by atoms with E-state index in [0.29, 0.717) is 49.3 Å². The van der Waals surface area contributed by atoms with Gasteiger partial charge in [-0.3, -0.25) is 9.59 Å². The Morgan fingerprint density at radius 3 is 2.68 bits per heavy atom. The summed E-state index contributed by atoms with van der Waals surface area (Å²) in [6.07, 6.45) is 4.21. The third-order valence-electron chi connectivity index (χ3n) is 5.12. The molecule has 0 radical (unpaired) electrons. The quantitative estimate of drug-likeness (QED) is 0.303. The number of hydrogen-bond acceptors (Lipinski definition) is 5. The van der Waals surface area contributed by atoms with E-state index in [9.17, 15) is 14.7 Å². The first-order valence-corrected chi connectivity index (χ1v) is 10.8. The Hall–Kier alpha value is -3.81. The van der Waals surface area contributed by atoms with Gasteiger partial charge < -0.3 is 19.6 Å². The second-order valence-corrected chi connectivity index (χ2v) is 8.14. The molecule has 2 N–H and O–H groups in total. The summed E-state index contributed by atoms with van der Waals surface area (Å²) in [5, 5.41) is 13.6. The topological polar surface area (TPSA) is 102 Å². The second kappa shape index (κ2) is 9.99. The van der Waals surface area contributed by atoms with E-state index in [2.05, 4.69) is 10.3 Å². The molecule has 4 rings (SSSR count). The Kier molecular flexibility index (Phi) is 6.86. The summed E-state index contributed by atoms with van der Waals surface area (Å²) in [6, 6.07) is 14.8. The molecule has 34 heavy (non-hydrogen) atoms. The first kappa shape index (κ1) is 23.4. The maximum absolute atomic E-state index is 12.4. The summed E-state index contributed by atoms with van der Waals surface area (Å²) in [5.41, 5.74) is 3.15. The van der Waals surface area contributed by atoms with Crippen LogP contribution in [0.1, 0.15) is 22.6 Å². The van der Waals surface area contributed by atoms with Crippen molar-refractivity contribution < 1.29 is 23.8 Å². The largest absolute Gasteiger partial charge is 0.496 e. The van der Waals surface area contributed by atoms with Gasteiger partial charge in [-0.25, -0.2) is 4.98 Å². The zero-order valence-corrected chi connectivity index (χ0v) is 19.3. The van der Waals surface area contributed by atoms with Gasteiger partial charge in [0.1, 0.15) is 17.2 Å². The van der Waals surface area contributed by atoms with Gasteiger partial charge >= 0.3 is 5.97 Å². The molecular weight excluding hydrogens is 479 g/mol. The average molecular weight is 497 g/mol. The number of oxazole rings is 1. The molecule has 9 heteroatoms. The van der Waals surface area contributed by atoms with Crippen LogP contribution in [0.4, 0.5) is 5.69 Å². The number of methoxy groups -OCH3 is 1. The number of carboxylic acid groups (broad SMARTS) is 1. The Morgan fingerprint density at radius 1 is 1.12 bits per heavy atom. The minimum atomic E-state index is -1.05. The number of fused-ring (bicyclic) bond motifs is 1. The van der Waals surface area contributed by atoms with Crippen molar-refractivity contribution in [3.63, 3.8) is 0 Å². The fourth-order valence-corrected chi connectivity index (χ4v) is 3.99. The number of carboxylic acids is 1. The van der Waals surface area contributed by atoms with Crippen LogP contribution in [0.2, 0.25) is 10.0 Å². The maximum atomic E-state index is 12.4. The fraction of sp³-hybridized carbons (Fsp3) is 0.0800. The summed E-state index contributed by atoms with van der Waals surface area (Å²) in [5.74, 6) is -2.14. The summed E-state index contributed by atoms with van der Waals surface area (Å²) >= 11 is 12.0. The van der Waals surface area contributed by atoms with Gasteiger partial charge in [0, 0.05) is 33.4 Å². The summed E-state index contributed by atoms with van der Waals surface area (Å²) in [4.78, 5) is 28.7. The molecule has 1 heterocycles. The van der Waals surface area contributed by atoms with Crippen molar-refractivity contribution >= 4 is 57.9 Å². The predicted octanol–water partition coefficient (Wildman–Crippen LogP) is 6.01. The molecule has 1 amide bonds. The number of carbonyl (C=O) groups is 2. The van der Waals surface area contributed by atoms with E-state index in [0.717, 1.165) is 0 Å². The van der Waals surface area contributed by atoms with Crippen LogP contribution in [0, 0.1) is 0 Å². The number of halogens is 2. The molecule has 7 nitrogen and oxygen atoms in total. The number of nitrogens with one attached hydrogen (secondary N) is 1. The fourth-order valence-electron chi connectivity index (χ4n) is 3.52. The van der Waals surface area contributed by atoms with Crippen LogP contribution < -0.4 is 10.1 Å². The number of aromatic nitrogens is 1. The molecule has 1 unspecified atom stereocenters. The van der Waals surface area contributed by atoms with Gasteiger partial charge in [0.05, 0.1) is 7.11 Å². The zero-order chi connectivity index (χ0) is 24.2. The molecule has 4 aromatic rings. The number of rotatable bonds is 7. The van der Waals surface area contributed by atoms with E-state index in [1.54, 1.807) is 60.7 Å². The van der Waals surface area contributed by atoms with E-state index in [-0.39, 0.29) is 0 Å². The van der Waals surface area contributed by atoms with Crippen LogP contribution in [0.25, 0.3) is 17.2 Å². The van der Waals surface area contributed by atoms with Crippen LogP contribution >= 0.6 is 23.2 Å². The Bertz CT molecular complexity index is 1410. The number of anilines is 1. The summed E-state index contributed by atoms with van der Waals surface area (Å²) in [6.45, 7) is 0. The highest BCUT2D eigenvalue weighted by Crippen LogP contribution is 2.35. The van der Waals surface area contributed by atoms with E-state index in [4.69, 9.17) is 32.4 Å². The van der Waals surface area contributed by atoms with Crippen molar-refractivity contribution in [2.45, 2.75) is 5.92 Å². The van der Waals surface area contributed by atoms with Crippen molar-refractivity contribution in [2.75, 3.05) is 12.4 Å². The van der Waals surface area contributed by atoms with Gasteiger partial charge in [-0.05, 0) is 47.5 Å². The number of aliphatic carboxylic acids is 1. The smallest absolute Gasteiger partial charge is 0.315 e. The Balaban J connectivity index is 1.58. The maximum Gasteiger partial charge on any atom is 0.315 e. The molecule has 0 spiro atoms. The molecule has 0 saturated carbocycles. The predicted molar refractivity (Wildman–Crippen MR) is 131 cm³/mol. The molecule has 0 aliphatic heterocycles. The molecule has 1 atom stereocenters. The lowest BCUT2D eigenvalue weighted by Gasteiger charge is -2.18. The average Bonchev–Trinajstić information content (AvgIpc) is 3.27. The monoisotopic (exact) mass is 496 g/mol. The molecule has 1 aromatic heterocycles. The number of nitrogens with zero attached hydrogens (tertiary/aromatic N) is 1. The lowest BCUT2D eigenvalue weighted by atomic mass is 9.90. The SMILES string of the molecule is COc1cc(NC(=O)C=Cc2ccc(Cl)cc2Cl)ccc1C(C(=O)O)c1ccc2ocnc2c1. The number of carbonyl (C=O) groups excluding carboxylic acids is 1. The minimum absolute atomic E-state index is 0.315. The Labute approximate surface area is 204 Å². The van der Waals surface area contributed by atoms with Crippen LogP contribution in [-0.2, 0) is 9.59 Å². The molecule has 0 bridgehead atoms. The lowest BCUT2D eigenvalue weighted by Crippen LogP contribution is -2.15. The standard InChI is InChI=1S/C25H18Cl2N2O5/c1-33-22-12-17(29-23(30)9-4-14-2-5-16(26)11-19(14)27)6-7-18(22)24(25(31)32)15-3-8-21-20(10-15)28-13-34-21/h2-13,24H,1H3,(H,29,30)(H,31,32). The molecule has 3 aromatic carbocycles. The molecule has 172 valence electrons. The molecule has 0 fully saturated rings. The molecule has 0 aliphatic rings. The minimum Gasteiger partial charge on any atom is -0.496 e. The third kappa shape index (κ3) is 5.06. The van der Waals surface area contributed by atoms with Crippen LogP contribution in [0.15, 0.2) is 71.5 Å². The lowest BCUT2D eigenvalue weighted by molar-refractivity contribution is -0.137. The normalized spacial score (nSPS) is 12.1. The van der Waals surface area contributed by atoms with Crippen molar-refractivity contribution in [3.8, 4) is 5.75 Å². The highest BCUT2D eigenvalue weighted by Gasteiger charge is 2.26. The van der Waals surface area contributed by atoms with Gasteiger partial charge in [-0.15, -0.1) is 0 Å². The van der Waals surface area contributed by atoms with Crippen LogP contribution in [-0.4, -0.2) is 29.1 Å². The van der Waals surface area contributed by atoms with Gasteiger partial charge in [0.2, 0.25) is 5.91 Å². The summed E-state index contributed by atoms with van der Waals surface area (Å²) < 4.78 is 10.7. The van der Waals surface area contributed by atoms with Crippen molar-refractivity contribution in [1.29, 1.82) is 0 Å². The molecular formula is C25H18Cl2N2O5. The van der Waals surface area contributed by atoms with E-state index in [1.807, 2.05) is 0 Å². The number of benzene rings is 3. The van der Waals surface area contributed by atoms with Crippen molar-refractivity contribution in [2.24, 2.45) is 0 Å². The van der Waals surface area contributed by atoms with Crippen molar-refractivity contribution in [1.82, 2.24) is 4.98 Å². The molecule has 0 saturated heterocycles. The van der Waals surface area contributed by atoms with Gasteiger partial charge in [0.15, 0.2) is 12.0 Å². The first-order valence-electron chi connectivity index (χ1n) is 10.0. The summed E-state index contributed by atoms with van der Waals surface area (Å²) in [7, 11) is 1.44. The zero-order valence-electron chi connectivity index (χ0n) is 17.8.